The number of rotatable bonds is 4. The Bertz CT molecular complexity index is 916. The normalized spacial score (nSPS) is 12.3. The maximum atomic E-state index is 13.7. The molecule has 1 N–H and O–H groups in total. The molecule has 1 aromatic carbocycles. The van der Waals surface area contributed by atoms with E-state index in [1.165, 1.54) is 23.5 Å². The summed E-state index contributed by atoms with van der Waals surface area (Å²) >= 11 is 1.52. The molecule has 0 bridgehead atoms. The average molecular weight is 348 g/mol. The smallest absolute Gasteiger partial charge is 0.266 e. The van der Waals surface area contributed by atoms with E-state index >= 15 is 0 Å². The van der Waals surface area contributed by atoms with Crippen molar-refractivity contribution < 1.29 is 13.9 Å². The number of aryl methyl sites for hydroxylation is 1. The van der Waals surface area contributed by atoms with Gasteiger partial charge in [0.15, 0.2) is 0 Å². The fraction of sp³-hybridized carbons (Fsp3) is 0.176. The Morgan fingerprint density at radius 2 is 1.88 bits per heavy atom. The van der Waals surface area contributed by atoms with E-state index in [9.17, 15) is 18.7 Å². The molecule has 0 saturated heterocycles. The summed E-state index contributed by atoms with van der Waals surface area (Å²) in [4.78, 5) is 13.9. The summed E-state index contributed by atoms with van der Waals surface area (Å²) in [5.74, 6) is -1.72. The largest absolute Gasteiger partial charge is 0.386 e. The van der Waals surface area contributed by atoms with Gasteiger partial charge < -0.3 is 5.11 Å². The quantitative estimate of drug-likeness (QED) is 0.787. The van der Waals surface area contributed by atoms with Crippen molar-refractivity contribution in [3.63, 3.8) is 0 Å². The molecule has 2 aromatic heterocycles. The van der Waals surface area contributed by atoms with Crippen LogP contribution < -0.4 is 5.56 Å². The zero-order valence-corrected chi connectivity index (χ0v) is 13.6. The minimum absolute atomic E-state index is 0.338. The first-order valence-electron chi connectivity index (χ1n) is 7.22. The minimum atomic E-state index is -1.52. The van der Waals surface area contributed by atoms with Crippen molar-refractivity contribution >= 4 is 11.3 Å². The van der Waals surface area contributed by atoms with E-state index in [0.717, 1.165) is 26.6 Å². The number of thiophene rings is 1. The summed E-state index contributed by atoms with van der Waals surface area (Å²) < 4.78 is 28.5. The Hall–Kier alpha value is -2.38. The SMILES string of the molecule is Cc1ccc(-c2ccc(=O)n(CC(O)c3c(F)cccc3F)n2)s1. The van der Waals surface area contributed by atoms with Gasteiger partial charge in [0.25, 0.3) is 5.56 Å². The highest BCUT2D eigenvalue weighted by molar-refractivity contribution is 7.15. The van der Waals surface area contributed by atoms with E-state index in [-0.39, 0.29) is 6.54 Å². The van der Waals surface area contributed by atoms with Gasteiger partial charge in [-0.2, -0.15) is 5.10 Å². The number of aliphatic hydroxyl groups excluding tert-OH is 1. The lowest BCUT2D eigenvalue weighted by Crippen LogP contribution is -2.26. The molecule has 0 radical (unpaired) electrons. The first kappa shape index (κ1) is 16.5. The molecule has 1 atom stereocenters. The molecule has 3 aromatic rings. The van der Waals surface area contributed by atoms with Gasteiger partial charge in [-0.05, 0) is 37.3 Å². The average Bonchev–Trinajstić information content (AvgIpc) is 2.96. The fourth-order valence-electron chi connectivity index (χ4n) is 2.37. The number of hydrogen-bond donors (Lipinski definition) is 1. The second kappa shape index (κ2) is 6.62. The summed E-state index contributed by atoms with van der Waals surface area (Å²) in [5.41, 5.74) is -0.361. The van der Waals surface area contributed by atoms with Crippen LogP contribution in [0.15, 0.2) is 47.3 Å². The fourth-order valence-corrected chi connectivity index (χ4v) is 3.20. The lowest BCUT2D eigenvalue weighted by molar-refractivity contribution is 0.140. The van der Waals surface area contributed by atoms with Crippen LogP contribution in [0.1, 0.15) is 16.5 Å². The Kier molecular flexibility index (Phi) is 4.55. The van der Waals surface area contributed by atoms with Crippen molar-refractivity contribution in [3.05, 3.63) is 74.9 Å². The van der Waals surface area contributed by atoms with Gasteiger partial charge in [0.05, 0.1) is 17.0 Å². The predicted octanol–water partition coefficient (Wildman–Crippen LogP) is 3.29. The number of aliphatic hydroxyl groups is 1. The van der Waals surface area contributed by atoms with E-state index in [1.807, 2.05) is 19.1 Å². The topological polar surface area (TPSA) is 55.1 Å². The van der Waals surface area contributed by atoms with Crippen LogP contribution in [0, 0.1) is 18.6 Å². The number of halogens is 2. The molecule has 0 aliphatic carbocycles. The van der Waals surface area contributed by atoms with Crippen LogP contribution in [-0.2, 0) is 6.54 Å². The van der Waals surface area contributed by atoms with Crippen molar-refractivity contribution in [1.82, 2.24) is 9.78 Å². The minimum Gasteiger partial charge on any atom is -0.386 e. The molecule has 0 saturated carbocycles. The molecule has 1 unspecified atom stereocenters. The van der Waals surface area contributed by atoms with Gasteiger partial charge in [-0.1, -0.05) is 6.07 Å². The maximum Gasteiger partial charge on any atom is 0.266 e. The predicted molar refractivity (Wildman–Crippen MR) is 87.9 cm³/mol. The molecule has 3 rings (SSSR count). The number of benzene rings is 1. The standard InChI is InChI=1S/C17H14F2N2O2S/c1-10-5-7-15(24-10)13-6-8-16(23)21(20-13)9-14(22)17-11(18)3-2-4-12(17)19/h2-8,14,22H,9H2,1H3. The summed E-state index contributed by atoms with van der Waals surface area (Å²) in [6, 6.07) is 10.0. The van der Waals surface area contributed by atoms with E-state index in [4.69, 9.17) is 0 Å². The molecule has 4 nitrogen and oxygen atoms in total. The van der Waals surface area contributed by atoms with Crippen molar-refractivity contribution in [2.24, 2.45) is 0 Å². The molecule has 0 amide bonds. The second-order valence-electron chi connectivity index (χ2n) is 5.30. The van der Waals surface area contributed by atoms with Crippen molar-refractivity contribution in [2.45, 2.75) is 19.6 Å². The summed E-state index contributed by atoms with van der Waals surface area (Å²) in [5, 5.41) is 14.3. The zero-order valence-electron chi connectivity index (χ0n) is 12.7. The Morgan fingerprint density at radius 1 is 1.17 bits per heavy atom. The molecule has 0 aliphatic heterocycles. The number of aromatic nitrogens is 2. The monoisotopic (exact) mass is 348 g/mol. The second-order valence-corrected chi connectivity index (χ2v) is 6.59. The van der Waals surface area contributed by atoms with Gasteiger partial charge in [-0.25, -0.2) is 13.5 Å². The summed E-state index contributed by atoms with van der Waals surface area (Å²) in [6.07, 6.45) is -1.52. The van der Waals surface area contributed by atoms with Crippen LogP contribution in [0.25, 0.3) is 10.6 Å². The van der Waals surface area contributed by atoms with E-state index < -0.39 is 28.9 Å². The highest BCUT2D eigenvalue weighted by atomic mass is 32.1. The number of nitrogens with zero attached hydrogens (tertiary/aromatic N) is 2. The van der Waals surface area contributed by atoms with Crippen molar-refractivity contribution in [3.8, 4) is 10.6 Å². The van der Waals surface area contributed by atoms with E-state index in [2.05, 4.69) is 5.10 Å². The molecule has 124 valence electrons. The zero-order chi connectivity index (χ0) is 17.3. The molecular formula is C17H14F2N2O2S. The first-order chi connectivity index (χ1) is 11.5. The van der Waals surface area contributed by atoms with Crippen LogP contribution in [0.3, 0.4) is 0 Å². The van der Waals surface area contributed by atoms with Crippen molar-refractivity contribution in [2.75, 3.05) is 0 Å². The summed E-state index contributed by atoms with van der Waals surface area (Å²) in [7, 11) is 0. The van der Waals surface area contributed by atoms with E-state index in [0.29, 0.717) is 5.69 Å². The molecular weight excluding hydrogens is 334 g/mol. The van der Waals surface area contributed by atoms with Crippen LogP contribution in [0.5, 0.6) is 0 Å². The highest BCUT2D eigenvalue weighted by Crippen LogP contribution is 2.26. The Morgan fingerprint density at radius 3 is 2.50 bits per heavy atom. The molecule has 2 heterocycles. The molecule has 24 heavy (non-hydrogen) atoms. The first-order valence-corrected chi connectivity index (χ1v) is 8.04. The lowest BCUT2D eigenvalue weighted by Gasteiger charge is -2.14. The van der Waals surface area contributed by atoms with Crippen LogP contribution >= 0.6 is 11.3 Å². The third-order valence-electron chi connectivity index (χ3n) is 3.54. The van der Waals surface area contributed by atoms with Crippen LogP contribution in [0.2, 0.25) is 0 Å². The summed E-state index contributed by atoms with van der Waals surface area (Å²) in [6.45, 7) is 1.61. The third kappa shape index (κ3) is 3.27. The third-order valence-corrected chi connectivity index (χ3v) is 4.56. The maximum absolute atomic E-state index is 13.7. The molecule has 0 aliphatic rings. The van der Waals surface area contributed by atoms with Crippen LogP contribution in [-0.4, -0.2) is 14.9 Å². The Balaban J connectivity index is 1.94. The molecule has 7 heteroatoms. The Labute approximate surface area is 140 Å². The van der Waals surface area contributed by atoms with Gasteiger partial charge in [-0.3, -0.25) is 4.79 Å². The molecule has 0 spiro atoms. The molecule has 0 fully saturated rings. The lowest BCUT2D eigenvalue weighted by atomic mass is 10.1. The van der Waals surface area contributed by atoms with Gasteiger partial charge in [0.2, 0.25) is 0 Å². The van der Waals surface area contributed by atoms with Crippen LogP contribution in [0.4, 0.5) is 8.78 Å². The van der Waals surface area contributed by atoms with Gasteiger partial charge in [0, 0.05) is 10.9 Å². The highest BCUT2D eigenvalue weighted by Gasteiger charge is 2.19. The van der Waals surface area contributed by atoms with Gasteiger partial charge in [-0.15, -0.1) is 11.3 Å². The van der Waals surface area contributed by atoms with Gasteiger partial charge >= 0.3 is 0 Å². The van der Waals surface area contributed by atoms with Crippen molar-refractivity contribution in [1.29, 1.82) is 0 Å². The van der Waals surface area contributed by atoms with E-state index in [1.54, 1.807) is 6.07 Å². The van der Waals surface area contributed by atoms with Gasteiger partial charge in [0.1, 0.15) is 23.4 Å². The number of hydrogen-bond acceptors (Lipinski definition) is 4.